The van der Waals surface area contributed by atoms with Gasteiger partial charge in [0, 0.05) is 39.1 Å². The normalized spacial score (nSPS) is 18.9. The summed E-state index contributed by atoms with van der Waals surface area (Å²) in [5.74, 6) is 1.43. The summed E-state index contributed by atoms with van der Waals surface area (Å²) in [6.45, 7) is 7.38. The van der Waals surface area contributed by atoms with Gasteiger partial charge in [-0.25, -0.2) is 0 Å². The molecule has 5 heteroatoms. The van der Waals surface area contributed by atoms with E-state index in [9.17, 15) is 0 Å². The van der Waals surface area contributed by atoms with Gasteiger partial charge in [0.2, 0.25) is 0 Å². The van der Waals surface area contributed by atoms with Crippen molar-refractivity contribution in [1.82, 2.24) is 20.4 Å². The van der Waals surface area contributed by atoms with Gasteiger partial charge in [-0.2, -0.15) is 5.10 Å². The van der Waals surface area contributed by atoms with Crippen molar-refractivity contribution in [3.05, 3.63) is 18.5 Å². The van der Waals surface area contributed by atoms with Crippen LogP contribution in [0.25, 0.3) is 0 Å². The molecule has 0 radical (unpaired) electrons. The molecule has 1 aromatic rings. The maximum Gasteiger partial charge on any atom is 0.191 e. The molecule has 1 aromatic heterocycles. The van der Waals surface area contributed by atoms with Gasteiger partial charge in [-0.1, -0.05) is 20.3 Å². The van der Waals surface area contributed by atoms with E-state index >= 15 is 0 Å². The molecule has 2 rings (SSSR count). The van der Waals surface area contributed by atoms with Crippen molar-refractivity contribution in [3.63, 3.8) is 0 Å². The Morgan fingerprint density at radius 2 is 2.24 bits per heavy atom. The van der Waals surface area contributed by atoms with E-state index in [0.717, 1.165) is 25.6 Å². The van der Waals surface area contributed by atoms with Gasteiger partial charge in [-0.15, -0.1) is 0 Å². The van der Waals surface area contributed by atoms with Crippen molar-refractivity contribution in [2.24, 2.45) is 16.3 Å². The van der Waals surface area contributed by atoms with Gasteiger partial charge in [-0.3, -0.25) is 9.67 Å². The SMILES string of the molecule is CCC1(CNC(=NC)NCC(C)Cn2cccn2)CCC1. The van der Waals surface area contributed by atoms with E-state index < -0.39 is 0 Å². The largest absolute Gasteiger partial charge is 0.356 e. The van der Waals surface area contributed by atoms with Crippen molar-refractivity contribution in [3.8, 4) is 0 Å². The monoisotopic (exact) mass is 291 g/mol. The molecule has 0 bridgehead atoms. The van der Waals surface area contributed by atoms with Crippen LogP contribution >= 0.6 is 0 Å². The van der Waals surface area contributed by atoms with E-state index in [1.54, 1.807) is 0 Å². The van der Waals surface area contributed by atoms with Crippen LogP contribution in [0, 0.1) is 11.3 Å². The van der Waals surface area contributed by atoms with E-state index in [4.69, 9.17) is 0 Å². The van der Waals surface area contributed by atoms with Crippen LogP contribution in [0.15, 0.2) is 23.5 Å². The second kappa shape index (κ2) is 7.48. The first-order valence-electron chi connectivity index (χ1n) is 8.09. The van der Waals surface area contributed by atoms with E-state index in [2.05, 4.69) is 34.6 Å². The number of hydrogen-bond acceptors (Lipinski definition) is 2. The number of nitrogens with one attached hydrogen (secondary N) is 2. The molecule has 0 spiro atoms. The molecule has 1 fully saturated rings. The van der Waals surface area contributed by atoms with Gasteiger partial charge >= 0.3 is 0 Å². The lowest BCUT2D eigenvalue weighted by atomic mass is 9.67. The summed E-state index contributed by atoms with van der Waals surface area (Å²) in [4.78, 5) is 4.32. The van der Waals surface area contributed by atoms with Crippen LogP contribution < -0.4 is 10.6 Å². The fourth-order valence-corrected chi connectivity index (χ4v) is 2.89. The Morgan fingerprint density at radius 1 is 1.43 bits per heavy atom. The van der Waals surface area contributed by atoms with E-state index in [1.807, 2.05) is 30.2 Å². The smallest absolute Gasteiger partial charge is 0.191 e. The lowest BCUT2D eigenvalue weighted by Crippen LogP contribution is -2.47. The highest BCUT2D eigenvalue weighted by Gasteiger charge is 2.34. The molecule has 0 aliphatic heterocycles. The highest BCUT2D eigenvalue weighted by atomic mass is 15.3. The average molecular weight is 291 g/mol. The molecule has 5 nitrogen and oxygen atoms in total. The molecule has 1 saturated carbocycles. The molecule has 2 N–H and O–H groups in total. The third-order valence-corrected chi connectivity index (χ3v) is 4.69. The molecule has 118 valence electrons. The van der Waals surface area contributed by atoms with Crippen molar-refractivity contribution in [1.29, 1.82) is 0 Å². The Morgan fingerprint density at radius 3 is 2.76 bits per heavy atom. The van der Waals surface area contributed by atoms with Crippen LogP contribution in [-0.4, -0.2) is 35.9 Å². The lowest BCUT2D eigenvalue weighted by Gasteiger charge is -2.41. The molecule has 1 unspecified atom stereocenters. The summed E-state index contributed by atoms with van der Waals surface area (Å²) in [5, 5.41) is 11.2. The minimum absolute atomic E-state index is 0.507. The zero-order valence-electron chi connectivity index (χ0n) is 13.6. The summed E-state index contributed by atoms with van der Waals surface area (Å²) < 4.78 is 1.98. The van der Waals surface area contributed by atoms with Crippen LogP contribution in [-0.2, 0) is 6.54 Å². The first-order chi connectivity index (χ1) is 10.2. The van der Waals surface area contributed by atoms with Crippen molar-refractivity contribution in [2.75, 3.05) is 20.1 Å². The molecule has 0 saturated heterocycles. The Labute approximate surface area is 128 Å². The van der Waals surface area contributed by atoms with E-state index in [0.29, 0.717) is 11.3 Å². The Bertz CT molecular complexity index is 428. The van der Waals surface area contributed by atoms with Gasteiger partial charge in [0.1, 0.15) is 0 Å². The predicted octanol–water partition coefficient (Wildman–Crippen LogP) is 2.26. The zero-order valence-corrected chi connectivity index (χ0v) is 13.6. The van der Waals surface area contributed by atoms with Crippen molar-refractivity contribution in [2.45, 2.75) is 46.1 Å². The minimum Gasteiger partial charge on any atom is -0.356 e. The van der Waals surface area contributed by atoms with Crippen LogP contribution in [0.4, 0.5) is 0 Å². The van der Waals surface area contributed by atoms with E-state index in [1.165, 1.54) is 25.7 Å². The van der Waals surface area contributed by atoms with Gasteiger partial charge in [-0.05, 0) is 36.7 Å². The van der Waals surface area contributed by atoms with Crippen molar-refractivity contribution < 1.29 is 0 Å². The van der Waals surface area contributed by atoms with Gasteiger partial charge in [0.15, 0.2) is 5.96 Å². The van der Waals surface area contributed by atoms with E-state index in [-0.39, 0.29) is 0 Å². The minimum atomic E-state index is 0.507. The fraction of sp³-hybridized carbons (Fsp3) is 0.750. The number of nitrogens with zero attached hydrogens (tertiary/aromatic N) is 3. The number of rotatable bonds is 7. The van der Waals surface area contributed by atoms with Gasteiger partial charge in [0.25, 0.3) is 0 Å². The Balaban J connectivity index is 1.70. The number of hydrogen-bond donors (Lipinski definition) is 2. The van der Waals surface area contributed by atoms with Gasteiger partial charge < -0.3 is 10.6 Å². The molecule has 1 aliphatic rings. The maximum atomic E-state index is 4.32. The highest BCUT2D eigenvalue weighted by Crippen LogP contribution is 2.42. The molecular weight excluding hydrogens is 262 g/mol. The average Bonchev–Trinajstić information content (AvgIpc) is 2.94. The summed E-state index contributed by atoms with van der Waals surface area (Å²) in [6, 6.07) is 1.96. The first-order valence-corrected chi connectivity index (χ1v) is 8.09. The number of aliphatic imine (C=N–C) groups is 1. The third kappa shape index (κ3) is 4.48. The first kappa shape index (κ1) is 15.9. The van der Waals surface area contributed by atoms with Crippen LogP contribution in [0.5, 0.6) is 0 Å². The zero-order chi connectivity index (χ0) is 15.1. The van der Waals surface area contributed by atoms with Crippen molar-refractivity contribution >= 4 is 5.96 Å². The molecule has 1 atom stereocenters. The molecular formula is C16H29N5. The molecule has 0 aromatic carbocycles. The maximum absolute atomic E-state index is 4.32. The second-order valence-corrected chi connectivity index (χ2v) is 6.35. The molecule has 0 amide bonds. The molecule has 1 aliphatic carbocycles. The Hall–Kier alpha value is -1.52. The third-order valence-electron chi connectivity index (χ3n) is 4.69. The van der Waals surface area contributed by atoms with Crippen LogP contribution in [0.3, 0.4) is 0 Å². The molecule has 21 heavy (non-hydrogen) atoms. The summed E-state index contributed by atoms with van der Waals surface area (Å²) in [7, 11) is 1.84. The van der Waals surface area contributed by atoms with Gasteiger partial charge in [0.05, 0.1) is 0 Å². The molecule has 1 heterocycles. The Kier molecular flexibility index (Phi) is 5.65. The van der Waals surface area contributed by atoms with Crippen LogP contribution in [0.1, 0.15) is 39.5 Å². The van der Waals surface area contributed by atoms with Crippen LogP contribution in [0.2, 0.25) is 0 Å². The number of aromatic nitrogens is 2. The standard InChI is InChI=1S/C16H29N5/c1-4-16(7-5-8-16)13-19-15(17-3)18-11-14(2)12-21-10-6-9-20-21/h6,9-10,14H,4-5,7-8,11-13H2,1-3H3,(H2,17,18,19). The fourth-order valence-electron chi connectivity index (χ4n) is 2.89. The summed E-state index contributed by atoms with van der Waals surface area (Å²) in [6.07, 6.45) is 9.16. The summed E-state index contributed by atoms with van der Waals surface area (Å²) in [5.41, 5.74) is 0.512. The topological polar surface area (TPSA) is 54.2 Å². The number of guanidine groups is 1. The quantitative estimate of drug-likeness (QED) is 0.598. The highest BCUT2D eigenvalue weighted by molar-refractivity contribution is 5.79. The second-order valence-electron chi connectivity index (χ2n) is 6.35. The predicted molar refractivity (Wildman–Crippen MR) is 87.3 cm³/mol. The summed E-state index contributed by atoms with van der Waals surface area (Å²) >= 11 is 0. The lowest BCUT2D eigenvalue weighted by molar-refractivity contribution is 0.131.